The summed E-state index contributed by atoms with van der Waals surface area (Å²) in [6.07, 6.45) is 0.771. The van der Waals surface area contributed by atoms with Gasteiger partial charge in [-0.25, -0.2) is 0 Å². The molecule has 1 aliphatic heterocycles. The van der Waals surface area contributed by atoms with E-state index in [1.807, 2.05) is 0 Å². The normalized spacial score (nSPS) is 28.3. The van der Waals surface area contributed by atoms with E-state index in [9.17, 15) is 4.79 Å². The minimum absolute atomic E-state index is 0.0116. The molecule has 0 spiro atoms. The van der Waals surface area contributed by atoms with Crippen molar-refractivity contribution >= 4 is 5.97 Å². The highest BCUT2D eigenvalue weighted by Crippen LogP contribution is 2.14. The average molecular weight is 145 g/mol. The van der Waals surface area contributed by atoms with E-state index in [2.05, 4.69) is 0 Å². The van der Waals surface area contributed by atoms with Crippen molar-refractivity contribution in [1.82, 2.24) is 0 Å². The quantitative estimate of drug-likeness (QED) is 0.546. The number of carbonyl (C=O) groups is 1. The standard InChI is InChI=1S/C6H11NO3/c7-5(6(8)9)4-1-2-10-3-4/h4-5H,1-3,7H2,(H,8,9)/t4-,5-/m0/s1. The van der Waals surface area contributed by atoms with Crippen molar-refractivity contribution in [2.24, 2.45) is 11.7 Å². The van der Waals surface area contributed by atoms with Crippen molar-refractivity contribution in [3.05, 3.63) is 0 Å². The Balaban J connectivity index is 2.39. The summed E-state index contributed by atoms with van der Waals surface area (Å²) in [5, 5.41) is 8.46. The molecule has 0 unspecified atom stereocenters. The van der Waals surface area contributed by atoms with Gasteiger partial charge in [0.05, 0.1) is 6.61 Å². The summed E-state index contributed by atoms with van der Waals surface area (Å²) < 4.78 is 4.99. The lowest BCUT2D eigenvalue weighted by molar-refractivity contribution is -0.139. The van der Waals surface area contributed by atoms with Crippen LogP contribution in [-0.2, 0) is 9.53 Å². The molecule has 0 amide bonds. The molecule has 1 fully saturated rings. The summed E-state index contributed by atoms with van der Waals surface area (Å²) >= 11 is 0. The van der Waals surface area contributed by atoms with Gasteiger partial charge in [-0.2, -0.15) is 0 Å². The van der Waals surface area contributed by atoms with Gasteiger partial charge < -0.3 is 15.6 Å². The minimum Gasteiger partial charge on any atom is -0.480 e. The van der Waals surface area contributed by atoms with Crippen LogP contribution in [0, 0.1) is 5.92 Å². The topological polar surface area (TPSA) is 72.6 Å². The third-order valence-electron chi connectivity index (χ3n) is 1.76. The number of hydrogen-bond acceptors (Lipinski definition) is 3. The molecular formula is C6H11NO3. The maximum absolute atomic E-state index is 10.3. The number of nitrogens with two attached hydrogens (primary N) is 1. The predicted molar refractivity (Wildman–Crippen MR) is 34.5 cm³/mol. The highest BCUT2D eigenvalue weighted by molar-refractivity contribution is 5.73. The van der Waals surface area contributed by atoms with Gasteiger partial charge in [0.2, 0.25) is 0 Å². The first-order chi connectivity index (χ1) is 4.72. The third kappa shape index (κ3) is 1.46. The van der Waals surface area contributed by atoms with Crippen LogP contribution in [0.4, 0.5) is 0 Å². The van der Waals surface area contributed by atoms with Crippen LogP contribution < -0.4 is 5.73 Å². The Morgan fingerprint density at radius 1 is 1.80 bits per heavy atom. The largest absolute Gasteiger partial charge is 0.480 e. The van der Waals surface area contributed by atoms with Crippen LogP contribution >= 0.6 is 0 Å². The molecule has 0 aromatic carbocycles. The molecule has 0 aliphatic carbocycles. The Morgan fingerprint density at radius 2 is 2.50 bits per heavy atom. The lowest BCUT2D eigenvalue weighted by Crippen LogP contribution is -2.38. The molecular weight excluding hydrogens is 134 g/mol. The van der Waals surface area contributed by atoms with Crippen molar-refractivity contribution in [2.75, 3.05) is 13.2 Å². The third-order valence-corrected chi connectivity index (χ3v) is 1.76. The van der Waals surface area contributed by atoms with Gasteiger partial charge in [0.1, 0.15) is 6.04 Å². The van der Waals surface area contributed by atoms with Gasteiger partial charge in [-0.05, 0) is 6.42 Å². The monoisotopic (exact) mass is 145 g/mol. The van der Waals surface area contributed by atoms with Crippen LogP contribution in [0.3, 0.4) is 0 Å². The lowest BCUT2D eigenvalue weighted by Gasteiger charge is -2.11. The van der Waals surface area contributed by atoms with E-state index in [0.717, 1.165) is 6.42 Å². The number of rotatable bonds is 2. The highest BCUT2D eigenvalue weighted by Gasteiger charge is 2.27. The molecule has 0 saturated carbocycles. The fourth-order valence-electron chi connectivity index (χ4n) is 1.04. The number of aliphatic carboxylic acids is 1. The van der Waals surface area contributed by atoms with E-state index in [1.54, 1.807) is 0 Å². The second-order valence-electron chi connectivity index (χ2n) is 2.49. The van der Waals surface area contributed by atoms with Crippen molar-refractivity contribution in [2.45, 2.75) is 12.5 Å². The second kappa shape index (κ2) is 2.98. The number of ether oxygens (including phenoxy) is 1. The fraction of sp³-hybridized carbons (Fsp3) is 0.833. The first-order valence-electron chi connectivity index (χ1n) is 3.28. The van der Waals surface area contributed by atoms with Crippen LogP contribution in [0.5, 0.6) is 0 Å². The molecule has 1 aliphatic rings. The zero-order valence-corrected chi connectivity index (χ0v) is 5.62. The van der Waals surface area contributed by atoms with Gasteiger partial charge in [0, 0.05) is 12.5 Å². The zero-order valence-electron chi connectivity index (χ0n) is 5.62. The average Bonchev–Trinajstić information content (AvgIpc) is 2.36. The number of hydrogen-bond donors (Lipinski definition) is 2. The smallest absolute Gasteiger partial charge is 0.320 e. The molecule has 0 radical (unpaired) electrons. The molecule has 1 rings (SSSR count). The van der Waals surface area contributed by atoms with Crippen LogP contribution in [0.2, 0.25) is 0 Å². The Kier molecular flexibility index (Phi) is 2.24. The Bertz CT molecular complexity index is 131. The van der Waals surface area contributed by atoms with Crippen molar-refractivity contribution in [3.63, 3.8) is 0 Å². The zero-order chi connectivity index (χ0) is 7.56. The van der Waals surface area contributed by atoms with E-state index in [-0.39, 0.29) is 5.92 Å². The van der Waals surface area contributed by atoms with Gasteiger partial charge in [-0.3, -0.25) is 4.79 Å². The summed E-state index contributed by atoms with van der Waals surface area (Å²) in [6.45, 7) is 1.14. The summed E-state index contributed by atoms with van der Waals surface area (Å²) in [5.41, 5.74) is 5.34. The highest BCUT2D eigenvalue weighted by atomic mass is 16.5. The summed E-state index contributed by atoms with van der Waals surface area (Å²) in [5.74, 6) is -0.923. The van der Waals surface area contributed by atoms with Crippen molar-refractivity contribution in [1.29, 1.82) is 0 Å². The molecule has 2 atom stereocenters. The minimum atomic E-state index is -0.935. The maximum Gasteiger partial charge on any atom is 0.320 e. The summed E-state index contributed by atoms with van der Waals surface area (Å²) in [7, 11) is 0. The SMILES string of the molecule is N[C@H](C(=O)O)[C@H]1CCOC1. The Morgan fingerprint density at radius 3 is 2.90 bits per heavy atom. The molecule has 4 nitrogen and oxygen atoms in total. The van der Waals surface area contributed by atoms with Crippen molar-refractivity contribution in [3.8, 4) is 0 Å². The number of carboxylic acid groups (broad SMARTS) is 1. The molecule has 0 aromatic rings. The molecule has 58 valence electrons. The molecule has 4 heteroatoms. The lowest BCUT2D eigenvalue weighted by atomic mass is 10.0. The van der Waals surface area contributed by atoms with Crippen LogP contribution in [-0.4, -0.2) is 30.3 Å². The molecule has 0 aromatic heterocycles. The summed E-state index contributed by atoms with van der Waals surface area (Å²) in [4.78, 5) is 10.3. The van der Waals surface area contributed by atoms with Gasteiger partial charge in [0.15, 0.2) is 0 Å². The van der Waals surface area contributed by atoms with Crippen LogP contribution in [0.25, 0.3) is 0 Å². The van der Waals surface area contributed by atoms with E-state index in [4.69, 9.17) is 15.6 Å². The molecule has 0 bridgehead atoms. The maximum atomic E-state index is 10.3. The van der Waals surface area contributed by atoms with Gasteiger partial charge in [0.25, 0.3) is 0 Å². The molecule has 3 N–H and O–H groups in total. The van der Waals surface area contributed by atoms with E-state index in [0.29, 0.717) is 13.2 Å². The van der Waals surface area contributed by atoms with Gasteiger partial charge in [-0.1, -0.05) is 0 Å². The molecule has 10 heavy (non-hydrogen) atoms. The predicted octanol–water partition coefficient (Wildman–Crippen LogP) is -0.565. The fourth-order valence-corrected chi connectivity index (χ4v) is 1.04. The number of carboxylic acids is 1. The summed E-state index contributed by atoms with van der Waals surface area (Å²) in [6, 6.07) is -0.748. The first kappa shape index (κ1) is 7.50. The van der Waals surface area contributed by atoms with E-state index >= 15 is 0 Å². The first-order valence-corrected chi connectivity index (χ1v) is 3.28. The Hall–Kier alpha value is -0.610. The van der Waals surface area contributed by atoms with Gasteiger partial charge >= 0.3 is 5.97 Å². The van der Waals surface area contributed by atoms with E-state index in [1.165, 1.54) is 0 Å². The van der Waals surface area contributed by atoms with E-state index < -0.39 is 12.0 Å². The van der Waals surface area contributed by atoms with Crippen LogP contribution in [0.15, 0.2) is 0 Å². The van der Waals surface area contributed by atoms with Crippen LogP contribution in [0.1, 0.15) is 6.42 Å². The Labute approximate surface area is 59.0 Å². The van der Waals surface area contributed by atoms with Crippen molar-refractivity contribution < 1.29 is 14.6 Å². The second-order valence-corrected chi connectivity index (χ2v) is 2.49. The van der Waals surface area contributed by atoms with Gasteiger partial charge in [-0.15, -0.1) is 0 Å². The molecule has 1 saturated heterocycles. The molecule has 1 heterocycles.